The van der Waals surface area contributed by atoms with Gasteiger partial charge in [0.25, 0.3) is 0 Å². The third-order valence-electron chi connectivity index (χ3n) is 1.42. The molecule has 3 nitrogen and oxygen atoms in total. The molecule has 1 aromatic rings. The van der Waals surface area contributed by atoms with Crippen molar-refractivity contribution in [1.29, 1.82) is 5.26 Å². The molecular formula is C8H7IN2O. The smallest absolute Gasteiger partial charge is 0.228 e. The molecule has 1 rings (SSSR count). The Kier molecular flexibility index (Phi) is 2.87. The molecule has 0 spiro atoms. The Hall–Kier alpha value is -0.830. The van der Waals surface area contributed by atoms with Gasteiger partial charge in [-0.25, -0.2) is 4.98 Å². The Balaban J connectivity index is 3.31. The van der Waals surface area contributed by atoms with E-state index in [2.05, 4.69) is 27.6 Å². The van der Waals surface area contributed by atoms with Crippen LogP contribution in [0, 0.1) is 21.8 Å². The van der Waals surface area contributed by atoms with Crippen molar-refractivity contribution in [1.82, 2.24) is 4.98 Å². The lowest BCUT2D eigenvalue weighted by Crippen LogP contribution is -1.96. The molecule has 4 heteroatoms. The number of methoxy groups -OCH3 is 1. The van der Waals surface area contributed by atoms with Gasteiger partial charge >= 0.3 is 0 Å². The van der Waals surface area contributed by atoms with E-state index in [1.165, 1.54) is 0 Å². The Morgan fingerprint density at radius 2 is 2.33 bits per heavy atom. The van der Waals surface area contributed by atoms with Crippen LogP contribution in [0.3, 0.4) is 0 Å². The van der Waals surface area contributed by atoms with Crippen molar-refractivity contribution in [2.45, 2.75) is 6.92 Å². The highest BCUT2D eigenvalue weighted by Crippen LogP contribution is 2.21. The highest BCUT2D eigenvalue weighted by Gasteiger charge is 2.06. The summed E-state index contributed by atoms with van der Waals surface area (Å²) in [5.74, 6) is 0.521. The van der Waals surface area contributed by atoms with E-state index in [0.717, 1.165) is 9.13 Å². The van der Waals surface area contributed by atoms with Crippen LogP contribution in [-0.2, 0) is 0 Å². The predicted octanol–water partition coefficient (Wildman–Crippen LogP) is 1.87. The van der Waals surface area contributed by atoms with Crippen molar-refractivity contribution in [3.63, 3.8) is 0 Å². The molecule has 0 aliphatic rings. The highest BCUT2D eigenvalue weighted by molar-refractivity contribution is 14.1. The lowest BCUT2D eigenvalue weighted by atomic mass is 10.2. The summed E-state index contributed by atoms with van der Waals surface area (Å²) >= 11 is 2.14. The van der Waals surface area contributed by atoms with E-state index in [-0.39, 0.29) is 0 Å². The van der Waals surface area contributed by atoms with Crippen LogP contribution in [0.25, 0.3) is 0 Å². The molecule has 0 aliphatic heterocycles. The van der Waals surface area contributed by atoms with E-state index >= 15 is 0 Å². The summed E-state index contributed by atoms with van der Waals surface area (Å²) in [5, 5.41) is 8.60. The zero-order chi connectivity index (χ0) is 9.14. The average molecular weight is 274 g/mol. The molecule has 0 fully saturated rings. The number of ether oxygens (including phenoxy) is 1. The maximum atomic E-state index is 8.60. The minimum absolute atomic E-state index is 0.393. The van der Waals surface area contributed by atoms with Crippen molar-refractivity contribution in [3.05, 3.63) is 20.9 Å². The van der Waals surface area contributed by atoms with Crippen molar-refractivity contribution in [2.75, 3.05) is 7.11 Å². The van der Waals surface area contributed by atoms with Gasteiger partial charge in [0, 0.05) is 0 Å². The van der Waals surface area contributed by atoms with Gasteiger partial charge in [-0.2, -0.15) is 5.26 Å². The van der Waals surface area contributed by atoms with Gasteiger partial charge in [-0.1, -0.05) is 0 Å². The standard InChI is InChI=1S/C8H7IN2O/c1-5-3-6(4-10)11-8(12-2)7(5)9/h3H,1-2H3. The van der Waals surface area contributed by atoms with Crippen molar-refractivity contribution >= 4 is 22.6 Å². The van der Waals surface area contributed by atoms with E-state index in [4.69, 9.17) is 10.00 Å². The molecule has 0 bridgehead atoms. The number of nitrogens with zero attached hydrogens (tertiary/aromatic N) is 2. The van der Waals surface area contributed by atoms with Crippen LogP contribution in [0.2, 0.25) is 0 Å². The molecule has 0 N–H and O–H groups in total. The van der Waals surface area contributed by atoms with E-state index in [9.17, 15) is 0 Å². The topological polar surface area (TPSA) is 45.9 Å². The van der Waals surface area contributed by atoms with Crippen LogP contribution in [0.4, 0.5) is 0 Å². The second-order valence-corrected chi connectivity index (χ2v) is 3.34. The molecule has 0 saturated heterocycles. The van der Waals surface area contributed by atoms with Crippen LogP contribution in [0.5, 0.6) is 5.88 Å². The molecule has 0 unspecified atom stereocenters. The van der Waals surface area contributed by atoms with Crippen LogP contribution in [0.1, 0.15) is 11.3 Å². The molecule has 1 aromatic heterocycles. The SMILES string of the molecule is COc1nc(C#N)cc(C)c1I. The first-order chi connectivity index (χ1) is 5.69. The molecular weight excluding hydrogens is 267 g/mol. The molecule has 0 amide bonds. The summed E-state index contributed by atoms with van der Waals surface area (Å²) in [5.41, 5.74) is 1.41. The van der Waals surface area contributed by atoms with Crippen LogP contribution >= 0.6 is 22.6 Å². The third-order valence-corrected chi connectivity index (χ3v) is 2.73. The molecule has 0 aromatic carbocycles. The number of aromatic nitrogens is 1. The van der Waals surface area contributed by atoms with E-state index in [1.807, 2.05) is 13.0 Å². The molecule has 0 atom stereocenters. The fourth-order valence-electron chi connectivity index (χ4n) is 0.820. The van der Waals surface area contributed by atoms with E-state index in [0.29, 0.717) is 11.6 Å². The maximum absolute atomic E-state index is 8.60. The van der Waals surface area contributed by atoms with E-state index in [1.54, 1.807) is 13.2 Å². The number of halogens is 1. The van der Waals surface area contributed by atoms with Crippen molar-refractivity contribution < 1.29 is 4.74 Å². The maximum Gasteiger partial charge on any atom is 0.228 e. The van der Waals surface area contributed by atoms with Gasteiger partial charge in [-0.15, -0.1) is 0 Å². The van der Waals surface area contributed by atoms with Crippen molar-refractivity contribution in [3.8, 4) is 11.9 Å². The summed E-state index contributed by atoms with van der Waals surface area (Å²) in [6.07, 6.45) is 0. The Labute approximate surface area is 84.5 Å². The average Bonchev–Trinajstić information content (AvgIpc) is 2.09. The van der Waals surface area contributed by atoms with Crippen LogP contribution in [0.15, 0.2) is 6.07 Å². The fourth-order valence-corrected chi connectivity index (χ4v) is 1.32. The van der Waals surface area contributed by atoms with E-state index < -0.39 is 0 Å². The van der Waals surface area contributed by atoms with Crippen LogP contribution in [-0.4, -0.2) is 12.1 Å². The summed E-state index contributed by atoms with van der Waals surface area (Å²) in [4.78, 5) is 3.98. The summed E-state index contributed by atoms with van der Waals surface area (Å²) in [6.45, 7) is 1.92. The van der Waals surface area contributed by atoms with Gasteiger partial charge in [-0.3, -0.25) is 0 Å². The molecule has 0 radical (unpaired) electrons. The Morgan fingerprint density at radius 3 is 2.83 bits per heavy atom. The first-order valence-corrected chi connectivity index (χ1v) is 4.38. The third kappa shape index (κ3) is 1.67. The predicted molar refractivity (Wildman–Crippen MR) is 53.0 cm³/mol. The number of aryl methyl sites for hydroxylation is 1. The van der Waals surface area contributed by atoms with Gasteiger partial charge in [0.1, 0.15) is 11.8 Å². The van der Waals surface area contributed by atoms with Crippen molar-refractivity contribution in [2.24, 2.45) is 0 Å². The summed E-state index contributed by atoms with van der Waals surface area (Å²) in [7, 11) is 1.55. The fraction of sp³-hybridized carbons (Fsp3) is 0.250. The molecule has 62 valence electrons. The molecule has 0 saturated carbocycles. The monoisotopic (exact) mass is 274 g/mol. The molecule has 0 aliphatic carbocycles. The van der Waals surface area contributed by atoms with Gasteiger partial charge in [0.05, 0.1) is 10.7 Å². The normalized spacial score (nSPS) is 9.17. The second kappa shape index (κ2) is 3.72. The largest absolute Gasteiger partial charge is 0.480 e. The number of hydrogen-bond donors (Lipinski definition) is 0. The zero-order valence-electron chi connectivity index (χ0n) is 6.76. The van der Waals surface area contributed by atoms with Gasteiger partial charge < -0.3 is 4.74 Å². The number of pyridine rings is 1. The quantitative estimate of drug-likeness (QED) is 0.734. The lowest BCUT2D eigenvalue weighted by molar-refractivity contribution is 0.394. The van der Waals surface area contributed by atoms with Gasteiger partial charge in [0.2, 0.25) is 5.88 Å². The highest BCUT2D eigenvalue weighted by atomic mass is 127. The second-order valence-electron chi connectivity index (χ2n) is 2.26. The Morgan fingerprint density at radius 1 is 1.67 bits per heavy atom. The van der Waals surface area contributed by atoms with Crippen LogP contribution < -0.4 is 4.74 Å². The zero-order valence-corrected chi connectivity index (χ0v) is 8.92. The molecule has 12 heavy (non-hydrogen) atoms. The van der Waals surface area contributed by atoms with Gasteiger partial charge in [-0.05, 0) is 41.1 Å². The lowest BCUT2D eigenvalue weighted by Gasteiger charge is -2.04. The minimum atomic E-state index is 0.393. The number of rotatable bonds is 1. The Bertz CT molecular complexity index is 344. The first kappa shape index (κ1) is 9.26. The summed E-state index contributed by atoms with van der Waals surface area (Å²) < 4.78 is 5.95. The first-order valence-electron chi connectivity index (χ1n) is 3.30. The minimum Gasteiger partial charge on any atom is -0.480 e. The molecule has 1 heterocycles. The summed E-state index contributed by atoms with van der Waals surface area (Å²) in [6, 6.07) is 3.72. The number of hydrogen-bond acceptors (Lipinski definition) is 3. The van der Waals surface area contributed by atoms with Gasteiger partial charge in [0.15, 0.2) is 0 Å². The number of nitriles is 1.